The van der Waals surface area contributed by atoms with E-state index in [0.29, 0.717) is 11.1 Å². The lowest BCUT2D eigenvalue weighted by molar-refractivity contribution is 0.103. The number of phenols is 1. The van der Waals surface area contributed by atoms with E-state index in [4.69, 9.17) is 0 Å². The molecule has 0 saturated carbocycles. The van der Waals surface area contributed by atoms with Gasteiger partial charge in [-0.3, -0.25) is 4.79 Å². The molecule has 0 radical (unpaired) electrons. The molecule has 2 rings (SSSR count). The molecule has 0 aliphatic heterocycles. The molecule has 0 aromatic heterocycles. The standard InChI is InChI=1S/C17H16O3/c1-10-8-15(16(19)9-11(10)2)17(20)14-7-5-4-6-13(14)12(3)18/h4-9,18-19H,3H2,1-2H3. The van der Waals surface area contributed by atoms with E-state index in [1.54, 1.807) is 36.4 Å². The van der Waals surface area contributed by atoms with Crippen molar-refractivity contribution in [3.05, 3.63) is 70.8 Å². The molecule has 3 heteroatoms. The van der Waals surface area contributed by atoms with Gasteiger partial charge in [0.25, 0.3) is 0 Å². The Kier molecular flexibility index (Phi) is 3.61. The molecule has 0 aliphatic rings. The fraction of sp³-hybridized carbons (Fsp3) is 0.118. The van der Waals surface area contributed by atoms with E-state index in [-0.39, 0.29) is 22.9 Å². The van der Waals surface area contributed by atoms with Crippen LogP contribution in [-0.4, -0.2) is 16.0 Å². The Morgan fingerprint density at radius 2 is 1.55 bits per heavy atom. The highest BCUT2D eigenvalue weighted by Crippen LogP contribution is 2.27. The third-order valence-electron chi connectivity index (χ3n) is 3.34. The average Bonchev–Trinajstić information content (AvgIpc) is 2.42. The van der Waals surface area contributed by atoms with Gasteiger partial charge in [0, 0.05) is 11.1 Å². The topological polar surface area (TPSA) is 57.5 Å². The zero-order valence-corrected chi connectivity index (χ0v) is 11.5. The molecule has 2 aromatic carbocycles. The van der Waals surface area contributed by atoms with Crippen molar-refractivity contribution < 1.29 is 15.0 Å². The van der Waals surface area contributed by atoms with Gasteiger partial charge in [-0.05, 0) is 37.1 Å². The van der Waals surface area contributed by atoms with Crippen LogP contribution in [0, 0.1) is 13.8 Å². The van der Waals surface area contributed by atoms with Gasteiger partial charge < -0.3 is 10.2 Å². The van der Waals surface area contributed by atoms with Crippen LogP contribution in [0.3, 0.4) is 0 Å². The zero-order chi connectivity index (χ0) is 14.9. The minimum atomic E-state index is -0.337. The highest BCUT2D eigenvalue weighted by molar-refractivity contribution is 6.13. The first kappa shape index (κ1) is 13.9. The van der Waals surface area contributed by atoms with Gasteiger partial charge in [0.15, 0.2) is 5.78 Å². The maximum absolute atomic E-state index is 12.5. The summed E-state index contributed by atoms with van der Waals surface area (Å²) in [5, 5.41) is 19.5. The molecule has 0 unspecified atom stereocenters. The van der Waals surface area contributed by atoms with Gasteiger partial charge in [-0.25, -0.2) is 0 Å². The molecular formula is C17H16O3. The predicted octanol–water partition coefficient (Wildman–Crippen LogP) is 3.77. The first-order valence-corrected chi connectivity index (χ1v) is 6.24. The van der Waals surface area contributed by atoms with E-state index in [1.165, 1.54) is 0 Å². The van der Waals surface area contributed by atoms with Crippen LogP contribution in [0.1, 0.15) is 32.6 Å². The van der Waals surface area contributed by atoms with Crippen molar-refractivity contribution in [1.29, 1.82) is 0 Å². The first-order valence-electron chi connectivity index (χ1n) is 6.24. The molecule has 0 atom stereocenters. The van der Waals surface area contributed by atoms with E-state index in [2.05, 4.69) is 6.58 Å². The third-order valence-corrected chi connectivity index (χ3v) is 3.34. The minimum absolute atomic E-state index is 0.0588. The summed E-state index contributed by atoms with van der Waals surface area (Å²) in [7, 11) is 0. The molecule has 20 heavy (non-hydrogen) atoms. The molecule has 0 heterocycles. The van der Waals surface area contributed by atoms with Crippen molar-refractivity contribution in [2.45, 2.75) is 13.8 Å². The number of carbonyl (C=O) groups is 1. The normalized spacial score (nSPS) is 10.3. The molecule has 0 saturated heterocycles. The molecule has 0 bridgehead atoms. The van der Waals surface area contributed by atoms with Crippen LogP contribution in [-0.2, 0) is 0 Å². The van der Waals surface area contributed by atoms with Gasteiger partial charge >= 0.3 is 0 Å². The number of phenolic OH excluding ortho intramolecular Hbond substituents is 1. The van der Waals surface area contributed by atoms with Crippen LogP contribution in [0.5, 0.6) is 5.75 Å². The van der Waals surface area contributed by atoms with Gasteiger partial charge in [-0.15, -0.1) is 0 Å². The second-order valence-electron chi connectivity index (χ2n) is 4.78. The van der Waals surface area contributed by atoms with E-state index in [1.807, 2.05) is 13.8 Å². The summed E-state index contributed by atoms with van der Waals surface area (Å²) in [5.74, 6) is -0.565. The van der Waals surface area contributed by atoms with Crippen LogP contribution < -0.4 is 0 Å². The fourth-order valence-electron chi connectivity index (χ4n) is 2.06. The SMILES string of the molecule is C=C(O)c1ccccc1C(=O)c1cc(C)c(C)cc1O. The van der Waals surface area contributed by atoms with Gasteiger partial charge in [0.2, 0.25) is 0 Å². The van der Waals surface area contributed by atoms with Gasteiger partial charge in [0.05, 0.1) is 5.56 Å². The van der Waals surface area contributed by atoms with Crippen molar-refractivity contribution in [1.82, 2.24) is 0 Å². The second kappa shape index (κ2) is 5.21. The Balaban J connectivity index is 2.58. The van der Waals surface area contributed by atoms with Crippen LogP contribution in [0.15, 0.2) is 43.0 Å². The van der Waals surface area contributed by atoms with Crippen LogP contribution in [0.4, 0.5) is 0 Å². The summed E-state index contributed by atoms with van der Waals surface area (Å²) in [6.07, 6.45) is 0. The number of aliphatic hydroxyl groups excluding tert-OH is 1. The number of hydrogen-bond donors (Lipinski definition) is 2. The van der Waals surface area contributed by atoms with Crippen LogP contribution >= 0.6 is 0 Å². The summed E-state index contributed by atoms with van der Waals surface area (Å²) in [5.41, 5.74) is 2.75. The Morgan fingerprint density at radius 3 is 2.15 bits per heavy atom. The smallest absolute Gasteiger partial charge is 0.197 e. The van der Waals surface area contributed by atoms with Crippen molar-refractivity contribution in [2.24, 2.45) is 0 Å². The Hall–Kier alpha value is -2.55. The number of ketones is 1. The number of rotatable bonds is 3. The van der Waals surface area contributed by atoms with Gasteiger partial charge in [-0.2, -0.15) is 0 Å². The predicted molar refractivity (Wildman–Crippen MR) is 79.1 cm³/mol. The summed E-state index contributed by atoms with van der Waals surface area (Å²) < 4.78 is 0. The number of carbonyl (C=O) groups excluding carboxylic acids is 1. The second-order valence-corrected chi connectivity index (χ2v) is 4.78. The summed E-state index contributed by atoms with van der Waals surface area (Å²) in [6.45, 7) is 7.20. The quantitative estimate of drug-likeness (QED) is 0.658. The Morgan fingerprint density at radius 1 is 1.00 bits per heavy atom. The largest absolute Gasteiger partial charge is 0.508 e. The fourth-order valence-corrected chi connectivity index (χ4v) is 2.06. The molecule has 2 aromatic rings. The highest BCUT2D eigenvalue weighted by Gasteiger charge is 2.18. The van der Waals surface area contributed by atoms with Gasteiger partial charge in [-0.1, -0.05) is 30.8 Å². The maximum Gasteiger partial charge on any atom is 0.197 e. The zero-order valence-electron chi connectivity index (χ0n) is 11.5. The molecule has 0 amide bonds. The number of hydrogen-bond acceptors (Lipinski definition) is 3. The molecular weight excluding hydrogens is 252 g/mol. The minimum Gasteiger partial charge on any atom is -0.508 e. The Labute approximate surface area is 117 Å². The molecule has 102 valence electrons. The summed E-state index contributed by atoms with van der Waals surface area (Å²) in [4.78, 5) is 12.5. The van der Waals surface area contributed by atoms with Crippen molar-refractivity contribution in [2.75, 3.05) is 0 Å². The molecule has 3 nitrogen and oxygen atoms in total. The molecule has 0 spiro atoms. The van der Waals surface area contributed by atoms with Crippen molar-refractivity contribution >= 4 is 11.5 Å². The summed E-state index contributed by atoms with van der Waals surface area (Å²) in [6, 6.07) is 9.87. The van der Waals surface area contributed by atoms with E-state index < -0.39 is 0 Å². The van der Waals surface area contributed by atoms with Crippen molar-refractivity contribution in [3.8, 4) is 5.75 Å². The monoisotopic (exact) mass is 268 g/mol. The lowest BCUT2D eigenvalue weighted by Crippen LogP contribution is -2.06. The summed E-state index contributed by atoms with van der Waals surface area (Å²) >= 11 is 0. The number of aryl methyl sites for hydroxylation is 2. The van der Waals surface area contributed by atoms with Crippen LogP contribution in [0.25, 0.3) is 5.76 Å². The number of aliphatic hydroxyl groups is 1. The number of benzene rings is 2. The molecule has 0 aliphatic carbocycles. The highest BCUT2D eigenvalue weighted by atomic mass is 16.3. The number of aromatic hydroxyl groups is 1. The van der Waals surface area contributed by atoms with E-state index >= 15 is 0 Å². The third kappa shape index (κ3) is 2.43. The van der Waals surface area contributed by atoms with E-state index in [9.17, 15) is 15.0 Å². The first-order chi connectivity index (χ1) is 9.41. The lowest BCUT2D eigenvalue weighted by Gasteiger charge is -2.10. The Bertz CT molecular complexity index is 699. The molecule has 2 N–H and O–H groups in total. The lowest BCUT2D eigenvalue weighted by atomic mass is 9.95. The van der Waals surface area contributed by atoms with Crippen LogP contribution in [0.2, 0.25) is 0 Å². The molecule has 0 fully saturated rings. The van der Waals surface area contributed by atoms with E-state index in [0.717, 1.165) is 11.1 Å². The average molecular weight is 268 g/mol. The van der Waals surface area contributed by atoms with Gasteiger partial charge in [0.1, 0.15) is 11.5 Å². The van der Waals surface area contributed by atoms with Crippen molar-refractivity contribution in [3.63, 3.8) is 0 Å². The maximum atomic E-state index is 12.5.